The second-order valence-electron chi connectivity index (χ2n) is 4.58. The molecule has 2 N–H and O–H groups in total. The van der Waals surface area contributed by atoms with Gasteiger partial charge in [-0.15, -0.1) is 0 Å². The maximum Gasteiger partial charge on any atom is 0.272 e. The summed E-state index contributed by atoms with van der Waals surface area (Å²) in [6.07, 6.45) is 1.78. The van der Waals surface area contributed by atoms with Crippen molar-refractivity contribution in [3.8, 4) is 0 Å². The van der Waals surface area contributed by atoms with E-state index >= 15 is 0 Å². The van der Waals surface area contributed by atoms with E-state index < -0.39 is 0 Å². The number of hydrogen-bond acceptors (Lipinski definition) is 2. The van der Waals surface area contributed by atoms with Crippen molar-refractivity contribution < 1.29 is 14.1 Å². The fourth-order valence-electron chi connectivity index (χ4n) is 2.13. The van der Waals surface area contributed by atoms with Gasteiger partial charge in [-0.25, -0.2) is 0 Å². The molecule has 0 aromatic rings. The van der Waals surface area contributed by atoms with Crippen LogP contribution in [0.2, 0.25) is 0 Å². The third-order valence-electron chi connectivity index (χ3n) is 3.15. The monoisotopic (exact) mass is 199 g/mol. The van der Waals surface area contributed by atoms with Crippen molar-refractivity contribution in [1.29, 1.82) is 0 Å². The Morgan fingerprint density at radius 2 is 1.86 bits per heavy atom. The van der Waals surface area contributed by atoms with Crippen molar-refractivity contribution in [2.24, 2.45) is 11.7 Å². The zero-order valence-corrected chi connectivity index (χ0v) is 8.95. The standard InChI is InChI=1S/C10H18N2O2/c1-8(13)9-3-5-12(2,6-4-9)7-10(11)14/h9H,3-7H2,1-2H3,(H-,11,14)/p+1. The van der Waals surface area contributed by atoms with E-state index in [1.807, 2.05) is 7.05 Å². The Bertz CT molecular complexity index is 243. The van der Waals surface area contributed by atoms with Gasteiger partial charge in [-0.2, -0.15) is 0 Å². The molecule has 0 aliphatic carbocycles. The van der Waals surface area contributed by atoms with Crippen LogP contribution in [-0.2, 0) is 9.59 Å². The number of amides is 1. The third-order valence-corrected chi connectivity index (χ3v) is 3.15. The highest BCUT2D eigenvalue weighted by molar-refractivity contribution is 5.78. The topological polar surface area (TPSA) is 60.2 Å². The van der Waals surface area contributed by atoms with E-state index in [1.54, 1.807) is 6.92 Å². The largest absolute Gasteiger partial charge is 0.365 e. The number of hydrogen-bond donors (Lipinski definition) is 1. The van der Waals surface area contributed by atoms with Gasteiger partial charge in [0.2, 0.25) is 0 Å². The highest BCUT2D eigenvalue weighted by Crippen LogP contribution is 2.22. The number of likely N-dealkylation sites (tertiary alicyclic amines) is 1. The van der Waals surface area contributed by atoms with E-state index in [4.69, 9.17) is 5.73 Å². The number of nitrogens with zero attached hydrogens (tertiary/aromatic N) is 1. The molecule has 1 rings (SSSR count). The van der Waals surface area contributed by atoms with Crippen LogP contribution in [0.4, 0.5) is 0 Å². The van der Waals surface area contributed by atoms with Crippen LogP contribution in [-0.4, -0.2) is 42.9 Å². The molecule has 1 heterocycles. The smallest absolute Gasteiger partial charge is 0.272 e. The molecule has 0 atom stereocenters. The number of carbonyl (C=O) groups excluding carboxylic acids is 2. The second-order valence-corrected chi connectivity index (χ2v) is 4.58. The summed E-state index contributed by atoms with van der Waals surface area (Å²) in [5.41, 5.74) is 5.18. The number of rotatable bonds is 3. The van der Waals surface area contributed by atoms with Crippen LogP contribution in [0.25, 0.3) is 0 Å². The molecule has 4 heteroatoms. The average molecular weight is 199 g/mol. The maximum absolute atomic E-state index is 11.1. The number of Topliss-reactive ketones (excluding diaryl/α,β-unsaturated/α-hetero) is 1. The summed E-state index contributed by atoms with van der Waals surface area (Å²) in [6, 6.07) is 0. The Balaban J connectivity index is 2.48. The first-order valence-electron chi connectivity index (χ1n) is 5.05. The van der Waals surface area contributed by atoms with Gasteiger partial charge < -0.3 is 10.2 Å². The molecular weight excluding hydrogens is 180 g/mol. The van der Waals surface area contributed by atoms with E-state index in [-0.39, 0.29) is 17.6 Å². The molecule has 0 spiro atoms. The minimum absolute atomic E-state index is 0.203. The van der Waals surface area contributed by atoms with Gasteiger partial charge in [0.05, 0.1) is 20.1 Å². The average Bonchev–Trinajstić information content (AvgIpc) is 2.02. The zero-order valence-electron chi connectivity index (χ0n) is 8.95. The third kappa shape index (κ3) is 2.80. The number of likely N-dealkylation sites (N-methyl/N-ethyl adjacent to an activating group) is 1. The normalized spacial score (nSPS) is 32.6. The minimum Gasteiger partial charge on any atom is -0.365 e. The van der Waals surface area contributed by atoms with Crippen LogP contribution in [0.15, 0.2) is 0 Å². The number of carbonyl (C=O) groups is 2. The first kappa shape index (κ1) is 11.2. The van der Waals surface area contributed by atoms with Gasteiger partial charge in [0.15, 0.2) is 6.54 Å². The molecule has 1 aliphatic rings. The van der Waals surface area contributed by atoms with Crippen molar-refractivity contribution >= 4 is 11.7 Å². The first-order chi connectivity index (χ1) is 6.43. The molecule has 1 amide bonds. The number of quaternary nitrogens is 1. The van der Waals surface area contributed by atoms with Gasteiger partial charge in [-0.05, 0) is 6.92 Å². The lowest BCUT2D eigenvalue weighted by Gasteiger charge is -2.39. The van der Waals surface area contributed by atoms with Gasteiger partial charge in [0, 0.05) is 18.8 Å². The quantitative estimate of drug-likeness (QED) is 0.646. The molecule has 1 fully saturated rings. The molecule has 4 nitrogen and oxygen atoms in total. The summed E-state index contributed by atoms with van der Waals surface area (Å²) in [4.78, 5) is 22.0. The van der Waals surface area contributed by atoms with Crippen LogP contribution >= 0.6 is 0 Å². The van der Waals surface area contributed by atoms with Gasteiger partial charge in [0.25, 0.3) is 5.91 Å². The van der Waals surface area contributed by atoms with E-state index in [0.717, 1.165) is 25.9 Å². The lowest BCUT2D eigenvalue weighted by molar-refractivity contribution is -0.907. The van der Waals surface area contributed by atoms with Crippen molar-refractivity contribution in [2.45, 2.75) is 19.8 Å². The van der Waals surface area contributed by atoms with Gasteiger partial charge in [-0.3, -0.25) is 9.59 Å². The van der Waals surface area contributed by atoms with Crippen LogP contribution in [0.5, 0.6) is 0 Å². The molecule has 0 aromatic carbocycles. The number of piperidine rings is 1. The summed E-state index contributed by atoms with van der Waals surface area (Å²) in [5, 5.41) is 0. The molecule has 0 radical (unpaired) electrons. The van der Waals surface area contributed by atoms with Crippen LogP contribution in [0, 0.1) is 5.92 Å². The molecule has 0 aromatic heterocycles. The Hall–Kier alpha value is -0.900. The molecular formula is C10H19N2O2+. The van der Waals surface area contributed by atoms with Gasteiger partial charge in [0.1, 0.15) is 5.78 Å². The van der Waals surface area contributed by atoms with Crippen molar-refractivity contribution in [3.05, 3.63) is 0 Å². The van der Waals surface area contributed by atoms with E-state index in [2.05, 4.69) is 0 Å². The fraction of sp³-hybridized carbons (Fsp3) is 0.800. The van der Waals surface area contributed by atoms with E-state index in [1.165, 1.54) is 0 Å². The number of primary amides is 1. The van der Waals surface area contributed by atoms with Crippen LogP contribution in [0.3, 0.4) is 0 Å². The summed E-state index contributed by atoms with van der Waals surface area (Å²) in [7, 11) is 2.03. The predicted molar refractivity (Wildman–Crippen MR) is 53.4 cm³/mol. The Kier molecular flexibility index (Phi) is 3.26. The number of nitrogens with two attached hydrogens (primary N) is 1. The predicted octanol–water partition coefficient (Wildman–Crippen LogP) is -0.0827. The highest BCUT2D eigenvalue weighted by atomic mass is 16.1. The molecule has 80 valence electrons. The van der Waals surface area contributed by atoms with Gasteiger partial charge >= 0.3 is 0 Å². The lowest BCUT2D eigenvalue weighted by atomic mass is 9.92. The lowest BCUT2D eigenvalue weighted by Crippen LogP contribution is -2.54. The van der Waals surface area contributed by atoms with Gasteiger partial charge in [-0.1, -0.05) is 0 Å². The van der Waals surface area contributed by atoms with Crippen LogP contribution < -0.4 is 5.73 Å². The summed E-state index contributed by atoms with van der Waals surface area (Å²) in [6.45, 7) is 3.80. The van der Waals surface area contributed by atoms with E-state index in [0.29, 0.717) is 11.0 Å². The van der Waals surface area contributed by atoms with Crippen molar-refractivity contribution in [1.82, 2.24) is 0 Å². The molecule has 1 aliphatic heterocycles. The second kappa shape index (κ2) is 4.09. The molecule has 14 heavy (non-hydrogen) atoms. The molecule has 0 bridgehead atoms. The van der Waals surface area contributed by atoms with Crippen LogP contribution in [0.1, 0.15) is 19.8 Å². The SMILES string of the molecule is CC(=O)C1CC[N+](C)(CC(N)=O)CC1. The molecule has 1 saturated heterocycles. The maximum atomic E-state index is 11.1. The Labute approximate surface area is 84.7 Å². The fourth-order valence-corrected chi connectivity index (χ4v) is 2.13. The summed E-state index contributed by atoms with van der Waals surface area (Å²) < 4.78 is 0.694. The minimum atomic E-state index is -0.256. The zero-order chi connectivity index (χ0) is 10.8. The van der Waals surface area contributed by atoms with Crippen molar-refractivity contribution in [3.63, 3.8) is 0 Å². The van der Waals surface area contributed by atoms with Crippen molar-refractivity contribution in [2.75, 3.05) is 26.7 Å². The Morgan fingerprint density at radius 3 is 2.21 bits per heavy atom. The van der Waals surface area contributed by atoms with E-state index in [9.17, 15) is 9.59 Å². The first-order valence-corrected chi connectivity index (χ1v) is 5.05. The number of ketones is 1. The summed E-state index contributed by atoms with van der Waals surface area (Å²) in [5.74, 6) is 0.221. The summed E-state index contributed by atoms with van der Waals surface area (Å²) >= 11 is 0. The highest BCUT2D eigenvalue weighted by Gasteiger charge is 2.32. The Morgan fingerprint density at radius 1 is 1.36 bits per heavy atom. The molecule has 0 unspecified atom stereocenters. The molecule has 0 saturated carbocycles.